The smallest absolute Gasteiger partial charge is 0.0814 e. The molecule has 3 unspecified atom stereocenters. The van der Waals surface area contributed by atoms with Gasteiger partial charge < -0.3 is 19.7 Å². The van der Waals surface area contributed by atoms with Crippen LogP contribution in [0.5, 0.6) is 0 Å². The van der Waals surface area contributed by atoms with Gasteiger partial charge in [-0.05, 0) is 99.3 Å². The summed E-state index contributed by atoms with van der Waals surface area (Å²) < 4.78 is 14.5. The van der Waals surface area contributed by atoms with Crippen molar-refractivity contribution in [1.29, 1.82) is 0 Å². The van der Waals surface area contributed by atoms with Gasteiger partial charge >= 0.3 is 0 Å². The van der Waals surface area contributed by atoms with Crippen LogP contribution in [0.4, 0.5) is 0 Å². The maximum absolute atomic E-state index is 10.2. The molecule has 0 aromatic heterocycles. The zero-order chi connectivity index (χ0) is 16.7. The molecule has 0 spiro atoms. The highest BCUT2D eigenvalue weighted by atomic mass is 127. The predicted octanol–water partition coefficient (Wildman–Crippen LogP) is 3.21. The van der Waals surface area contributed by atoms with E-state index in [1.54, 1.807) is 0 Å². The van der Waals surface area contributed by atoms with E-state index in [-0.39, 0.29) is 25.4 Å². The second-order valence-corrected chi connectivity index (χ2v) is 8.75. The van der Waals surface area contributed by atoms with Gasteiger partial charge in [-0.1, -0.05) is 0 Å². The van der Waals surface area contributed by atoms with Gasteiger partial charge in [0.05, 0.1) is 38.1 Å². The molecule has 22 heavy (non-hydrogen) atoms. The van der Waals surface area contributed by atoms with E-state index in [9.17, 15) is 5.11 Å². The van der Waals surface area contributed by atoms with E-state index in [1.807, 2.05) is 13.8 Å². The van der Waals surface area contributed by atoms with Gasteiger partial charge in [-0.25, -0.2) is 0 Å². The molecule has 0 fully saturated rings. The van der Waals surface area contributed by atoms with E-state index in [0.717, 1.165) is 5.56 Å². The quantitative estimate of drug-likeness (QED) is 0.406. The Kier molecular flexibility index (Phi) is 10.6. The Morgan fingerprint density at radius 2 is 1.55 bits per heavy atom. The van der Waals surface area contributed by atoms with E-state index in [0.29, 0.717) is 13.0 Å². The van der Waals surface area contributed by atoms with E-state index in [2.05, 4.69) is 79.9 Å². The number of aliphatic hydroxyl groups excluding tert-OH is 2. The topological polar surface area (TPSA) is 58.9 Å². The van der Waals surface area contributed by atoms with Gasteiger partial charge in [-0.2, -0.15) is 0 Å². The van der Waals surface area contributed by atoms with Crippen LogP contribution in [-0.4, -0.2) is 48.3 Å². The van der Waals surface area contributed by atoms with Crippen molar-refractivity contribution < 1.29 is 19.7 Å². The lowest BCUT2D eigenvalue weighted by Gasteiger charge is -2.19. The molecule has 1 rings (SSSR count). The average molecular weight is 646 g/mol. The first-order chi connectivity index (χ1) is 10.3. The summed E-state index contributed by atoms with van der Waals surface area (Å²) in [5, 5.41) is 19.1. The standard InChI is InChI=1S/C15H21I3O4/c1-9(6-19)21-7-10(2)22-8-12(20)5-13-14(17)3-11(16)4-15(13)18/h3-4,9-10,12,19-20H,5-8H2,1-2H3. The fraction of sp³-hybridized carbons (Fsp3) is 0.600. The van der Waals surface area contributed by atoms with Gasteiger partial charge in [0.15, 0.2) is 0 Å². The van der Waals surface area contributed by atoms with Crippen molar-refractivity contribution in [2.24, 2.45) is 0 Å². The second kappa shape index (κ2) is 11.0. The van der Waals surface area contributed by atoms with E-state index < -0.39 is 6.10 Å². The Morgan fingerprint density at radius 1 is 1.00 bits per heavy atom. The van der Waals surface area contributed by atoms with Crippen molar-refractivity contribution >= 4 is 67.8 Å². The SMILES string of the molecule is CC(CO)OCC(C)OCC(O)Cc1c(I)cc(I)cc1I. The summed E-state index contributed by atoms with van der Waals surface area (Å²) in [6.07, 6.45) is -0.266. The molecule has 0 saturated carbocycles. The maximum Gasteiger partial charge on any atom is 0.0814 e. The zero-order valence-corrected chi connectivity index (χ0v) is 19.0. The third kappa shape index (κ3) is 7.88. The minimum atomic E-state index is -0.542. The Labute approximate surface area is 172 Å². The molecule has 7 heteroatoms. The van der Waals surface area contributed by atoms with Crippen molar-refractivity contribution in [3.8, 4) is 0 Å². The molecule has 4 nitrogen and oxygen atoms in total. The van der Waals surface area contributed by atoms with Crippen LogP contribution in [-0.2, 0) is 15.9 Å². The molecule has 1 aromatic carbocycles. The fourth-order valence-electron chi connectivity index (χ4n) is 1.74. The number of ether oxygens (including phenoxy) is 2. The third-order valence-corrected chi connectivity index (χ3v) is 5.54. The van der Waals surface area contributed by atoms with Crippen molar-refractivity contribution in [2.45, 2.75) is 38.6 Å². The number of aliphatic hydroxyl groups is 2. The summed E-state index contributed by atoms with van der Waals surface area (Å²) in [5.41, 5.74) is 1.16. The van der Waals surface area contributed by atoms with E-state index >= 15 is 0 Å². The third-order valence-electron chi connectivity index (χ3n) is 2.99. The van der Waals surface area contributed by atoms with Gasteiger partial charge in [-0.15, -0.1) is 0 Å². The molecule has 0 radical (unpaired) electrons. The van der Waals surface area contributed by atoms with Crippen LogP contribution >= 0.6 is 67.8 Å². The molecule has 3 atom stereocenters. The lowest BCUT2D eigenvalue weighted by molar-refractivity contribution is -0.0644. The molecule has 0 amide bonds. The summed E-state index contributed by atoms with van der Waals surface area (Å²) in [4.78, 5) is 0. The summed E-state index contributed by atoms with van der Waals surface area (Å²) in [6, 6.07) is 4.22. The van der Waals surface area contributed by atoms with Crippen molar-refractivity contribution in [2.75, 3.05) is 19.8 Å². The molecule has 0 aliphatic heterocycles. The summed E-state index contributed by atoms with van der Waals surface area (Å²) in [6.45, 7) is 4.39. The minimum Gasteiger partial charge on any atom is -0.394 e. The number of hydrogen-bond acceptors (Lipinski definition) is 4. The highest BCUT2D eigenvalue weighted by Crippen LogP contribution is 2.24. The van der Waals surface area contributed by atoms with Crippen molar-refractivity contribution in [3.63, 3.8) is 0 Å². The predicted molar refractivity (Wildman–Crippen MR) is 112 cm³/mol. The number of rotatable bonds is 9. The summed E-state index contributed by atoms with van der Waals surface area (Å²) >= 11 is 6.91. The van der Waals surface area contributed by atoms with Crippen molar-refractivity contribution in [3.05, 3.63) is 28.4 Å². The molecule has 0 aliphatic carbocycles. The molecule has 0 heterocycles. The Morgan fingerprint density at radius 3 is 2.09 bits per heavy atom. The molecule has 0 saturated heterocycles. The lowest BCUT2D eigenvalue weighted by Crippen LogP contribution is -2.27. The van der Waals surface area contributed by atoms with Gasteiger partial charge in [0.2, 0.25) is 0 Å². The van der Waals surface area contributed by atoms with Gasteiger partial charge in [0, 0.05) is 17.1 Å². The largest absolute Gasteiger partial charge is 0.394 e. The van der Waals surface area contributed by atoms with E-state index in [4.69, 9.17) is 14.6 Å². The Balaban J connectivity index is 2.42. The minimum absolute atomic E-state index is 0.000967. The fourth-order valence-corrected chi connectivity index (χ4v) is 5.76. The molecular weight excluding hydrogens is 625 g/mol. The molecule has 1 aromatic rings. The van der Waals surface area contributed by atoms with Gasteiger partial charge in [-0.3, -0.25) is 0 Å². The van der Waals surface area contributed by atoms with Crippen LogP contribution in [0.15, 0.2) is 12.1 Å². The highest BCUT2D eigenvalue weighted by Gasteiger charge is 2.14. The molecule has 0 bridgehead atoms. The second-order valence-electron chi connectivity index (χ2n) is 5.18. The normalized spacial score (nSPS) is 15.6. The van der Waals surface area contributed by atoms with Gasteiger partial charge in [0.25, 0.3) is 0 Å². The first kappa shape index (κ1) is 21.3. The Bertz CT molecular complexity index is 447. The van der Waals surface area contributed by atoms with Crippen LogP contribution in [0.2, 0.25) is 0 Å². The number of halogens is 3. The molecule has 126 valence electrons. The lowest BCUT2D eigenvalue weighted by atomic mass is 10.1. The summed E-state index contributed by atoms with van der Waals surface area (Å²) in [7, 11) is 0. The van der Waals surface area contributed by atoms with Gasteiger partial charge in [0.1, 0.15) is 0 Å². The van der Waals surface area contributed by atoms with Crippen molar-refractivity contribution in [1.82, 2.24) is 0 Å². The monoisotopic (exact) mass is 646 g/mol. The highest BCUT2D eigenvalue weighted by molar-refractivity contribution is 14.1. The first-order valence-electron chi connectivity index (χ1n) is 6.99. The molecular formula is C15H21I3O4. The number of benzene rings is 1. The maximum atomic E-state index is 10.2. The van der Waals surface area contributed by atoms with E-state index in [1.165, 1.54) is 10.7 Å². The first-order valence-corrected chi connectivity index (χ1v) is 10.2. The van der Waals surface area contributed by atoms with Crippen LogP contribution in [0.3, 0.4) is 0 Å². The van der Waals surface area contributed by atoms with Crippen LogP contribution in [0.1, 0.15) is 19.4 Å². The van der Waals surface area contributed by atoms with Crippen LogP contribution in [0, 0.1) is 10.7 Å². The summed E-state index contributed by atoms with van der Waals surface area (Å²) in [5.74, 6) is 0. The zero-order valence-electron chi connectivity index (χ0n) is 12.6. The van der Waals surface area contributed by atoms with Crippen LogP contribution in [0.25, 0.3) is 0 Å². The molecule has 0 aliphatic rings. The molecule has 2 N–H and O–H groups in total. The number of hydrogen-bond donors (Lipinski definition) is 2. The average Bonchev–Trinajstić information content (AvgIpc) is 2.46. The van der Waals surface area contributed by atoms with Crippen LogP contribution < -0.4 is 0 Å². The Hall–Kier alpha value is 1.25.